The lowest BCUT2D eigenvalue weighted by atomic mass is 9.97. The molecule has 8 heteroatoms. The molecule has 4 rings (SSSR count). The maximum atomic E-state index is 13.1. The van der Waals surface area contributed by atoms with E-state index in [1.807, 2.05) is 84.9 Å². The number of hydrogen-bond donors (Lipinski definition) is 0. The zero-order chi connectivity index (χ0) is 25.0. The molecule has 0 bridgehead atoms. The van der Waals surface area contributed by atoms with Crippen LogP contribution < -0.4 is 0 Å². The van der Waals surface area contributed by atoms with Crippen molar-refractivity contribution >= 4 is 29.4 Å². The van der Waals surface area contributed by atoms with Gasteiger partial charge in [0.25, 0.3) is 5.91 Å². The summed E-state index contributed by atoms with van der Waals surface area (Å²) in [6, 6.07) is 13.8. The number of carbonyl (C=O) groups excluding carboxylic acids is 2. The second-order valence-electron chi connectivity index (χ2n) is 10.1. The number of fused-ring (bicyclic) bond motifs is 1. The van der Waals surface area contributed by atoms with Gasteiger partial charge in [-0.2, -0.15) is 0 Å². The smallest absolute Gasteiger partial charge is 0.410 e. The van der Waals surface area contributed by atoms with E-state index in [4.69, 9.17) is 4.74 Å². The minimum atomic E-state index is -0.517. The maximum absolute atomic E-state index is 13.1. The highest BCUT2D eigenvalue weighted by Crippen LogP contribution is 2.25. The van der Waals surface area contributed by atoms with Crippen LogP contribution in [0.15, 0.2) is 59.8 Å². The largest absolute Gasteiger partial charge is 0.444 e. The van der Waals surface area contributed by atoms with Gasteiger partial charge >= 0.3 is 6.09 Å². The van der Waals surface area contributed by atoms with E-state index in [2.05, 4.69) is 4.98 Å². The van der Waals surface area contributed by atoms with Gasteiger partial charge in [-0.1, -0.05) is 6.07 Å². The number of likely N-dealkylation sites (tertiary alicyclic amines) is 1. The molecule has 0 radical (unpaired) electrons. The summed E-state index contributed by atoms with van der Waals surface area (Å²) in [5.41, 5.74) is 2.15. The lowest BCUT2D eigenvalue weighted by molar-refractivity contribution is 0.0244. The number of carbonyl (C=O) groups is 2. The minimum Gasteiger partial charge on any atom is -0.444 e. The summed E-state index contributed by atoms with van der Waals surface area (Å²) in [5.74, 6) is 1.06. The number of nitrogens with zero attached hydrogens (tertiary/aromatic N) is 4. The average Bonchev–Trinajstić information content (AvgIpc) is 3.25. The number of amides is 2. The maximum Gasteiger partial charge on any atom is 0.410 e. The summed E-state index contributed by atoms with van der Waals surface area (Å²) in [7, 11) is 1.76. The van der Waals surface area contributed by atoms with E-state index in [-0.39, 0.29) is 17.9 Å². The van der Waals surface area contributed by atoms with Gasteiger partial charge in [0.05, 0.1) is 5.69 Å². The number of aromatic nitrogens is 2. The highest BCUT2D eigenvalue weighted by molar-refractivity contribution is 7.98. The third-order valence-corrected chi connectivity index (χ3v) is 6.99. The SMILES string of the molecule is CN(CC1CCCN(C(=O)c2ccc(SCc3cn4ccccc4n3)cc2)C1)C(=O)OC(C)(C)C. The fourth-order valence-corrected chi connectivity index (χ4v) is 5.07. The van der Waals surface area contributed by atoms with Crippen molar-refractivity contribution in [2.24, 2.45) is 5.92 Å². The Kier molecular flexibility index (Phi) is 7.69. The lowest BCUT2D eigenvalue weighted by Gasteiger charge is -2.35. The van der Waals surface area contributed by atoms with Crippen LogP contribution in [0.4, 0.5) is 4.79 Å². The van der Waals surface area contributed by atoms with Crippen molar-refractivity contribution in [2.75, 3.05) is 26.7 Å². The van der Waals surface area contributed by atoms with Gasteiger partial charge < -0.3 is 18.9 Å². The molecule has 3 heterocycles. The number of piperidine rings is 1. The Bertz CT molecular complexity index is 1140. The van der Waals surface area contributed by atoms with Gasteiger partial charge in [0.1, 0.15) is 11.2 Å². The number of pyridine rings is 1. The van der Waals surface area contributed by atoms with Gasteiger partial charge in [-0.15, -0.1) is 11.8 Å². The van der Waals surface area contributed by atoms with Crippen LogP contribution in [0.2, 0.25) is 0 Å². The minimum absolute atomic E-state index is 0.0477. The van der Waals surface area contributed by atoms with E-state index in [9.17, 15) is 9.59 Å². The molecule has 1 saturated heterocycles. The molecule has 186 valence electrons. The summed E-state index contributed by atoms with van der Waals surface area (Å²) < 4.78 is 7.48. The fraction of sp³-hybridized carbons (Fsp3) is 0.444. The molecule has 3 aromatic rings. The van der Waals surface area contributed by atoms with Gasteiger partial charge in [-0.25, -0.2) is 9.78 Å². The number of imidazole rings is 1. The summed E-state index contributed by atoms with van der Waals surface area (Å²) in [6.45, 7) is 7.57. The van der Waals surface area contributed by atoms with Crippen molar-refractivity contribution in [3.8, 4) is 0 Å². The van der Waals surface area contributed by atoms with E-state index in [1.54, 1.807) is 23.7 Å². The summed E-state index contributed by atoms with van der Waals surface area (Å²) in [4.78, 5) is 34.7. The Morgan fingerprint density at radius 2 is 1.94 bits per heavy atom. The Balaban J connectivity index is 1.30. The highest BCUT2D eigenvalue weighted by Gasteiger charge is 2.28. The molecular weight excluding hydrogens is 460 g/mol. The zero-order valence-electron chi connectivity index (χ0n) is 20.9. The van der Waals surface area contributed by atoms with Crippen LogP contribution in [0.1, 0.15) is 49.7 Å². The third-order valence-electron chi connectivity index (χ3n) is 5.95. The molecule has 7 nitrogen and oxygen atoms in total. The van der Waals surface area contributed by atoms with Crippen LogP contribution in [0.5, 0.6) is 0 Å². The first-order chi connectivity index (χ1) is 16.7. The van der Waals surface area contributed by atoms with Crippen molar-refractivity contribution in [2.45, 2.75) is 49.9 Å². The first-order valence-corrected chi connectivity index (χ1v) is 13.1. The van der Waals surface area contributed by atoms with E-state index in [0.29, 0.717) is 18.7 Å². The number of benzene rings is 1. The van der Waals surface area contributed by atoms with E-state index < -0.39 is 5.60 Å². The summed E-state index contributed by atoms with van der Waals surface area (Å²) in [5, 5.41) is 0. The lowest BCUT2D eigenvalue weighted by Crippen LogP contribution is -2.45. The average molecular weight is 495 g/mol. The molecule has 0 spiro atoms. The topological polar surface area (TPSA) is 67.2 Å². The Morgan fingerprint density at radius 1 is 1.17 bits per heavy atom. The van der Waals surface area contributed by atoms with Crippen molar-refractivity contribution in [1.82, 2.24) is 19.2 Å². The van der Waals surface area contributed by atoms with Crippen molar-refractivity contribution in [1.29, 1.82) is 0 Å². The van der Waals surface area contributed by atoms with Gasteiger partial charge in [0, 0.05) is 55.3 Å². The standard InChI is InChI=1S/C27H34N4O3S/c1-27(2,3)34-26(33)29(4)16-20-8-7-15-31(17-20)25(32)21-10-12-23(13-11-21)35-19-22-18-30-14-6-5-9-24(30)28-22/h5-6,9-14,18,20H,7-8,15-17,19H2,1-4H3. The van der Waals surface area contributed by atoms with Gasteiger partial charge in [-0.05, 0) is 75.9 Å². The molecule has 0 N–H and O–H groups in total. The second-order valence-corrected chi connectivity index (χ2v) is 11.2. The molecule has 0 saturated carbocycles. The molecule has 2 aromatic heterocycles. The molecule has 35 heavy (non-hydrogen) atoms. The summed E-state index contributed by atoms with van der Waals surface area (Å²) >= 11 is 1.71. The van der Waals surface area contributed by atoms with Crippen LogP contribution in [-0.2, 0) is 10.5 Å². The Morgan fingerprint density at radius 3 is 2.66 bits per heavy atom. The van der Waals surface area contributed by atoms with Crippen LogP contribution in [0, 0.1) is 5.92 Å². The molecule has 1 aromatic carbocycles. The van der Waals surface area contributed by atoms with Crippen LogP contribution >= 0.6 is 11.8 Å². The molecule has 1 unspecified atom stereocenters. The predicted molar refractivity (Wildman–Crippen MR) is 139 cm³/mol. The van der Waals surface area contributed by atoms with Crippen LogP contribution in [0.25, 0.3) is 5.65 Å². The molecule has 1 aliphatic rings. The number of rotatable bonds is 6. The van der Waals surface area contributed by atoms with Crippen molar-refractivity contribution in [3.63, 3.8) is 0 Å². The summed E-state index contributed by atoms with van der Waals surface area (Å²) in [6.07, 6.45) is 5.66. The number of ether oxygens (including phenoxy) is 1. The molecule has 2 amide bonds. The molecular formula is C27H34N4O3S. The van der Waals surface area contributed by atoms with E-state index in [1.165, 1.54) is 0 Å². The Labute approximate surface area is 211 Å². The molecule has 1 atom stereocenters. The second kappa shape index (κ2) is 10.7. The number of thioether (sulfide) groups is 1. The van der Waals surface area contributed by atoms with Gasteiger partial charge in [0.15, 0.2) is 0 Å². The highest BCUT2D eigenvalue weighted by atomic mass is 32.2. The van der Waals surface area contributed by atoms with E-state index in [0.717, 1.165) is 41.4 Å². The zero-order valence-corrected chi connectivity index (χ0v) is 21.8. The first-order valence-electron chi connectivity index (χ1n) is 12.1. The molecule has 1 fully saturated rings. The van der Waals surface area contributed by atoms with Gasteiger partial charge in [0.2, 0.25) is 0 Å². The van der Waals surface area contributed by atoms with Gasteiger partial charge in [-0.3, -0.25) is 4.79 Å². The molecule has 1 aliphatic heterocycles. The van der Waals surface area contributed by atoms with Crippen LogP contribution in [-0.4, -0.2) is 63.5 Å². The van der Waals surface area contributed by atoms with Crippen LogP contribution in [0.3, 0.4) is 0 Å². The normalized spacial score (nSPS) is 16.3. The quantitative estimate of drug-likeness (QED) is 0.433. The predicted octanol–water partition coefficient (Wildman–Crippen LogP) is 5.35. The number of hydrogen-bond acceptors (Lipinski definition) is 5. The molecule has 0 aliphatic carbocycles. The van der Waals surface area contributed by atoms with Crippen molar-refractivity contribution < 1.29 is 14.3 Å². The van der Waals surface area contributed by atoms with E-state index >= 15 is 0 Å². The van der Waals surface area contributed by atoms with Crippen molar-refractivity contribution in [3.05, 3.63) is 66.1 Å². The Hall–Kier alpha value is -3.00. The monoisotopic (exact) mass is 494 g/mol. The third kappa shape index (κ3) is 6.78. The first kappa shape index (κ1) is 25.1. The fourth-order valence-electron chi connectivity index (χ4n) is 4.29.